The fourth-order valence-corrected chi connectivity index (χ4v) is 4.59. The van der Waals surface area contributed by atoms with E-state index in [1.807, 2.05) is 24.3 Å². The molecule has 0 radical (unpaired) electrons. The topological polar surface area (TPSA) is 94.5 Å². The number of carbonyl (C=O) groups excluding carboxylic acids is 1. The molecule has 0 spiro atoms. The number of hydrogen-bond donors (Lipinski definition) is 2. The molecule has 2 aromatic carbocycles. The fourth-order valence-electron chi connectivity index (χ4n) is 4.59. The van der Waals surface area contributed by atoms with Crippen LogP contribution in [0.1, 0.15) is 23.2 Å². The van der Waals surface area contributed by atoms with Crippen molar-refractivity contribution in [2.24, 2.45) is 0 Å². The first-order valence-corrected chi connectivity index (χ1v) is 12.0. The average Bonchev–Trinajstić information content (AvgIpc) is 2.92. The van der Waals surface area contributed by atoms with Gasteiger partial charge in [0.2, 0.25) is 0 Å². The molecule has 4 aromatic rings. The molecule has 1 aliphatic heterocycles. The predicted octanol–water partition coefficient (Wildman–Crippen LogP) is 3.88. The van der Waals surface area contributed by atoms with E-state index in [2.05, 4.69) is 15.2 Å². The first kappa shape index (κ1) is 23.6. The number of anilines is 3. The van der Waals surface area contributed by atoms with E-state index < -0.39 is 0 Å². The van der Waals surface area contributed by atoms with Crippen LogP contribution in [0.3, 0.4) is 0 Å². The number of nitrogens with one attached hydrogen (secondary N) is 1. The Labute approximate surface area is 208 Å². The molecule has 2 aromatic heterocycles. The number of benzene rings is 2. The van der Waals surface area contributed by atoms with Crippen LogP contribution in [0.25, 0.3) is 11.0 Å². The molecule has 1 amide bonds. The number of rotatable bonds is 7. The van der Waals surface area contributed by atoms with Gasteiger partial charge in [-0.15, -0.1) is 0 Å². The number of aliphatic hydroxyl groups excluding tert-OH is 1. The Balaban J connectivity index is 1.42. The van der Waals surface area contributed by atoms with Crippen molar-refractivity contribution in [3.63, 3.8) is 0 Å². The second-order valence-electron chi connectivity index (χ2n) is 8.65. The minimum Gasteiger partial charge on any atom is -0.395 e. The zero-order chi connectivity index (χ0) is 24.9. The summed E-state index contributed by atoms with van der Waals surface area (Å²) in [6.45, 7) is 1.62. The summed E-state index contributed by atoms with van der Waals surface area (Å²) in [5, 5.41) is 12.5. The summed E-state index contributed by atoms with van der Waals surface area (Å²) < 4.78 is 14.1. The van der Waals surface area contributed by atoms with Crippen LogP contribution < -0.4 is 15.1 Å². The van der Waals surface area contributed by atoms with Gasteiger partial charge in [0.15, 0.2) is 11.6 Å². The van der Waals surface area contributed by atoms with Gasteiger partial charge < -0.3 is 20.2 Å². The second-order valence-corrected chi connectivity index (χ2v) is 8.65. The summed E-state index contributed by atoms with van der Waals surface area (Å²) in [5.41, 5.74) is 2.55. The van der Waals surface area contributed by atoms with E-state index in [1.54, 1.807) is 35.4 Å². The standard InChI is InChI=1S/C27H27FN6O2/c28-20-6-3-7-22(17-20)34(27(36)19-5-4-12-29-18-19)21-10-14-33(15-11-21)26-25(30-13-16-35)31-23-8-1-2-9-24(23)32-26/h1-9,12,17-18,21,35H,10-11,13-16H2,(H,30,31). The van der Waals surface area contributed by atoms with Gasteiger partial charge in [0.05, 0.1) is 23.2 Å². The number of amides is 1. The second kappa shape index (κ2) is 10.7. The Kier molecular flexibility index (Phi) is 6.99. The lowest BCUT2D eigenvalue weighted by atomic mass is 10.0. The molecule has 1 aliphatic rings. The van der Waals surface area contributed by atoms with Crippen LogP contribution in [0.4, 0.5) is 21.7 Å². The molecular weight excluding hydrogens is 459 g/mol. The molecule has 0 aliphatic carbocycles. The number of carbonyl (C=O) groups is 1. The van der Waals surface area contributed by atoms with Crippen LogP contribution in [0, 0.1) is 5.82 Å². The normalized spacial score (nSPS) is 14.1. The van der Waals surface area contributed by atoms with Gasteiger partial charge >= 0.3 is 0 Å². The van der Waals surface area contributed by atoms with E-state index in [1.165, 1.54) is 18.3 Å². The quantitative estimate of drug-likeness (QED) is 0.409. The summed E-state index contributed by atoms with van der Waals surface area (Å²) in [6.07, 6.45) is 4.48. The van der Waals surface area contributed by atoms with Crippen molar-refractivity contribution in [2.45, 2.75) is 18.9 Å². The Bertz CT molecular complexity index is 1340. The van der Waals surface area contributed by atoms with Crippen molar-refractivity contribution < 1.29 is 14.3 Å². The van der Waals surface area contributed by atoms with E-state index in [4.69, 9.17) is 9.97 Å². The Hall–Kier alpha value is -4.11. The van der Waals surface area contributed by atoms with E-state index >= 15 is 0 Å². The molecule has 0 bridgehead atoms. The first-order valence-electron chi connectivity index (χ1n) is 12.0. The van der Waals surface area contributed by atoms with Gasteiger partial charge in [-0.25, -0.2) is 14.4 Å². The number of aliphatic hydroxyl groups is 1. The third-order valence-electron chi connectivity index (χ3n) is 6.30. The highest BCUT2D eigenvalue weighted by Gasteiger charge is 2.31. The highest BCUT2D eigenvalue weighted by atomic mass is 19.1. The van der Waals surface area contributed by atoms with Gasteiger partial charge in [0.25, 0.3) is 5.91 Å². The van der Waals surface area contributed by atoms with Crippen LogP contribution in [0.15, 0.2) is 73.1 Å². The minimum absolute atomic E-state index is 0.0188. The molecule has 5 rings (SSSR count). The van der Waals surface area contributed by atoms with E-state index in [9.17, 15) is 14.3 Å². The predicted molar refractivity (Wildman–Crippen MR) is 138 cm³/mol. The average molecular weight is 487 g/mol. The highest BCUT2D eigenvalue weighted by molar-refractivity contribution is 6.06. The molecule has 184 valence electrons. The van der Waals surface area contributed by atoms with Crippen LogP contribution in [-0.4, -0.2) is 58.2 Å². The lowest BCUT2D eigenvalue weighted by Crippen LogP contribution is -2.48. The van der Waals surface area contributed by atoms with Gasteiger partial charge in [0, 0.05) is 43.8 Å². The number of piperidine rings is 1. The molecule has 9 heteroatoms. The number of fused-ring (bicyclic) bond motifs is 1. The number of halogens is 1. The minimum atomic E-state index is -0.389. The third kappa shape index (κ3) is 4.96. The number of aromatic nitrogens is 3. The number of pyridine rings is 1. The molecule has 1 saturated heterocycles. The largest absolute Gasteiger partial charge is 0.395 e. The van der Waals surface area contributed by atoms with Crippen LogP contribution >= 0.6 is 0 Å². The molecule has 0 saturated carbocycles. The number of nitrogens with zero attached hydrogens (tertiary/aromatic N) is 5. The molecule has 3 heterocycles. The molecule has 1 fully saturated rings. The van der Waals surface area contributed by atoms with Gasteiger partial charge in [0.1, 0.15) is 5.82 Å². The Morgan fingerprint density at radius 3 is 2.53 bits per heavy atom. The molecule has 0 unspecified atom stereocenters. The van der Waals surface area contributed by atoms with Crippen molar-refractivity contribution in [2.75, 3.05) is 41.4 Å². The molecule has 8 nitrogen and oxygen atoms in total. The van der Waals surface area contributed by atoms with Crippen LogP contribution in [-0.2, 0) is 0 Å². The molecular formula is C27H27FN6O2. The van der Waals surface area contributed by atoms with Gasteiger partial charge in [-0.3, -0.25) is 9.78 Å². The zero-order valence-electron chi connectivity index (χ0n) is 19.7. The maximum absolute atomic E-state index is 14.1. The smallest absolute Gasteiger partial charge is 0.260 e. The summed E-state index contributed by atoms with van der Waals surface area (Å²) in [6, 6.07) is 17.1. The van der Waals surface area contributed by atoms with E-state index in [0.29, 0.717) is 49.5 Å². The summed E-state index contributed by atoms with van der Waals surface area (Å²) in [5.74, 6) is 0.744. The van der Waals surface area contributed by atoms with Crippen molar-refractivity contribution >= 4 is 34.3 Å². The van der Waals surface area contributed by atoms with Crippen LogP contribution in [0.2, 0.25) is 0 Å². The van der Waals surface area contributed by atoms with Gasteiger partial charge in [-0.1, -0.05) is 18.2 Å². The van der Waals surface area contributed by atoms with E-state index in [-0.39, 0.29) is 24.4 Å². The molecule has 0 atom stereocenters. The number of para-hydroxylation sites is 2. The van der Waals surface area contributed by atoms with Crippen LogP contribution in [0.5, 0.6) is 0 Å². The summed E-state index contributed by atoms with van der Waals surface area (Å²) in [4.78, 5) is 31.0. The SMILES string of the molecule is O=C(c1cccnc1)N(c1cccc(F)c1)C1CCN(c2nc3ccccc3nc2NCCO)CC1. The van der Waals surface area contributed by atoms with Crippen molar-refractivity contribution in [1.82, 2.24) is 15.0 Å². The monoisotopic (exact) mass is 486 g/mol. The van der Waals surface area contributed by atoms with Gasteiger partial charge in [-0.05, 0) is 55.3 Å². The van der Waals surface area contributed by atoms with Crippen molar-refractivity contribution in [1.29, 1.82) is 0 Å². The van der Waals surface area contributed by atoms with Gasteiger partial charge in [-0.2, -0.15) is 0 Å². The van der Waals surface area contributed by atoms with Crippen molar-refractivity contribution in [3.8, 4) is 0 Å². The molecule has 2 N–H and O–H groups in total. The maximum atomic E-state index is 14.1. The lowest BCUT2D eigenvalue weighted by Gasteiger charge is -2.39. The summed E-state index contributed by atoms with van der Waals surface area (Å²) in [7, 11) is 0. The Morgan fingerprint density at radius 1 is 1.06 bits per heavy atom. The van der Waals surface area contributed by atoms with E-state index in [0.717, 1.165) is 16.9 Å². The Morgan fingerprint density at radius 2 is 1.83 bits per heavy atom. The maximum Gasteiger partial charge on any atom is 0.260 e. The molecule has 36 heavy (non-hydrogen) atoms. The number of hydrogen-bond acceptors (Lipinski definition) is 7. The van der Waals surface area contributed by atoms with Crippen molar-refractivity contribution in [3.05, 3.63) is 84.4 Å². The summed E-state index contributed by atoms with van der Waals surface area (Å²) >= 11 is 0. The third-order valence-corrected chi connectivity index (χ3v) is 6.30. The first-order chi connectivity index (χ1) is 17.6. The highest BCUT2D eigenvalue weighted by Crippen LogP contribution is 2.31. The zero-order valence-corrected chi connectivity index (χ0v) is 19.7. The fraction of sp³-hybridized carbons (Fsp3) is 0.259. The lowest BCUT2D eigenvalue weighted by molar-refractivity contribution is 0.0972.